The third-order valence-electron chi connectivity index (χ3n) is 4.06. The maximum Gasteiger partial charge on any atom is 0.318 e. The van der Waals surface area contributed by atoms with Crippen molar-refractivity contribution in [3.63, 3.8) is 0 Å². The van der Waals surface area contributed by atoms with E-state index in [1.807, 2.05) is 6.08 Å². The molecule has 1 rings (SSSR count). The van der Waals surface area contributed by atoms with Crippen LogP contribution in [0.3, 0.4) is 0 Å². The molecule has 0 saturated carbocycles. The molecule has 0 aliphatic carbocycles. The van der Waals surface area contributed by atoms with Crippen LogP contribution in [-0.4, -0.2) is 29.2 Å². The van der Waals surface area contributed by atoms with Crippen LogP contribution in [0.4, 0.5) is 5.82 Å². The van der Waals surface area contributed by atoms with E-state index in [9.17, 15) is 0 Å². The Balaban J connectivity index is 3.38. The summed E-state index contributed by atoms with van der Waals surface area (Å²) in [5.74, 6) is 1.06. The van der Waals surface area contributed by atoms with Gasteiger partial charge in [-0.1, -0.05) is 40.2 Å². The molecule has 0 unspecified atom stereocenters. The zero-order valence-corrected chi connectivity index (χ0v) is 16.3. The number of nitrogens with zero attached hydrogens (tertiary/aromatic N) is 3. The summed E-state index contributed by atoms with van der Waals surface area (Å²) in [5, 5.41) is 0. The van der Waals surface area contributed by atoms with Crippen LogP contribution < -0.4 is 9.64 Å². The summed E-state index contributed by atoms with van der Waals surface area (Å²) in [4.78, 5) is 11.9. The smallest absolute Gasteiger partial charge is 0.318 e. The van der Waals surface area contributed by atoms with E-state index in [1.54, 1.807) is 0 Å². The predicted molar refractivity (Wildman–Crippen MR) is 103 cm³/mol. The highest BCUT2D eigenvalue weighted by molar-refractivity contribution is 5.50. The van der Waals surface area contributed by atoms with E-state index in [-0.39, 0.29) is 6.10 Å². The summed E-state index contributed by atoms with van der Waals surface area (Å²) in [5.41, 5.74) is 2.32. The molecule has 0 spiro atoms. The second kappa shape index (κ2) is 11.1. The van der Waals surface area contributed by atoms with Crippen LogP contribution in [0.25, 0.3) is 0 Å². The second-order valence-electron chi connectivity index (χ2n) is 6.32. The fourth-order valence-electron chi connectivity index (χ4n) is 2.75. The maximum atomic E-state index is 5.95. The van der Waals surface area contributed by atoms with E-state index in [1.165, 1.54) is 5.56 Å². The Morgan fingerprint density at radius 2 is 1.75 bits per heavy atom. The molecule has 136 valence electrons. The lowest BCUT2D eigenvalue weighted by molar-refractivity contribution is 0.198. The van der Waals surface area contributed by atoms with Crippen LogP contribution in [0.2, 0.25) is 0 Å². The van der Waals surface area contributed by atoms with Gasteiger partial charge in [0.15, 0.2) is 0 Å². The fourth-order valence-corrected chi connectivity index (χ4v) is 2.75. The Hall–Kier alpha value is -1.58. The molecule has 0 fully saturated rings. The lowest BCUT2D eigenvalue weighted by Gasteiger charge is -2.27. The number of hydrogen-bond acceptors (Lipinski definition) is 4. The third kappa shape index (κ3) is 5.81. The summed E-state index contributed by atoms with van der Waals surface area (Å²) in [6.07, 6.45) is 8.03. The summed E-state index contributed by atoms with van der Waals surface area (Å²) in [6, 6.07) is 0.508. The van der Waals surface area contributed by atoms with Gasteiger partial charge in [0.1, 0.15) is 5.82 Å². The summed E-state index contributed by atoms with van der Waals surface area (Å²) >= 11 is 0. The van der Waals surface area contributed by atoms with Gasteiger partial charge < -0.3 is 9.64 Å². The van der Waals surface area contributed by atoms with Gasteiger partial charge >= 0.3 is 6.01 Å². The van der Waals surface area contributed by atoms with Gasteiger partial charge in [-0.3, -0.25) is 0 Å². The molecule has 1 atom stereocenters. The molecule has 0 bridgehead atoms. The topological polar surface area (TPSA) is 38.3 Å². The quantitative estimate of drug-likeness (QED) is 0.507. The van der Waals surface area contributed by atoms with Crippen molar-refractivity contribution in [3.05, 3.63) is 23.9 Å². The normalized spacial score (nSPS) is 12.0. The van der Waals surface area contributed by atoms with Crippen LogP contribution >= 0.6 is 0 Å². The fraction of sp³-hybridized carbons (Fsp3) is 0.700. The number of ether oxygens (including phenoxy) is 1. The van der Waals surface area contributed by atoms with E-state index >= 15 is 0 Å². The van der Waals surface area contributed by atoms with Crippen LogP contribution in [-0.2, 0) is 12.8 Å². The van der Waals surface area contributed by atoms with Gasteiger partial charge in [0.2, 0.25) is 0 Å². The molecule has 1 heterocycles. The molecule has 1 aromatic rings. The number of hydrogen-bond donors (Lipinski definition) is 0. The van der Waals surface area contributed by atoms with Crippen LogP contribution in [0.1, 0.15) is 71.6 Å². The molecule has 0 saturated heterocycles. The Morgan fingerprint density at radius 1 is 1.08 bits per heavy atom. The first-order valence-corrected chi connectivity index (χ1v) is 9.53. The largest absolute Gasteiger partial charge is 0.460 e. The summed E-state index contributed by atoms with van der Waals surface area (Å²) in [7, 11) is 0. The van der Waals surface area contributed by atoms with Gasteiger partial charge in [-0.05, 0) is 32.6 Å². The molecule has 0 radical (unpaired) electrons. The number of aromatic nitrogens is 2. The molecule has 0 aliphatic rings. The van der Waals surface area contributed by atoms with Crippen LogP contribution in [0.15, 0.2) is 12.7 Å². The zero-order chi connectivity index (χ0) is 17.9. The SMILES string of the molecule is C=CCc1nc(O[C@H](C)CC)nc(N(CCC)CCC)c1CCC. The Labute approximate surface area is 148 Å². The highest BCUT2D eigenvalue weighted by Crippen LogP contribution is 2.27. The molecule has 4 nitrogen and oxygen atoms in total. The number of allylic oxidation sites excluding steroid dienone is 1. The van der Waals surface area contributed by atoms with Gasteiger partial charge in [0.25, 0.3) is 0 Å². The van der Waals surface area contributed by atoms with E-state index < -0.39 is 0 Å². The molecule has 0 aliphatic heterocycles. The monoisotopic (exact) mass is 333 g/mol. The van der Waals surface area contributed by atoms with Gasteiger partial charge in [-0.15, -0.1) is 6.58 Å². The van der Waals surface area contributed by atoms with Gasteiger partial charge in [-0.2, -0.15) is 9.97 Å². The first kappa shape index (κ1) is 20.5. The van der Waals surface area contributed by atoms with Gasteiger partial charge in [0.05, 0.1) is 11.8 Å². The molecule has 0 aromatic carbocycles. The average Bonchev–Trinajstić information content (AvgIpc) is 2.57. The highest BCUT2D eigenvalue weighted by Gasteiger charge is 2.19. The van der Waals surface area contributed by atoms with Crippen molar-refractivity contribution < 1.29 is 4.74 Å². The van der Waals surface area contributed by atoms with E-state index in [4.69, 9.17) is 14.7 Å². The van der Waals surface area contributed by atoms with Gasteiger partial charge in [-0.25, -0.2) is 0 Å². The summed E-state index contributed by atoms with van der Waals surface area (Å²) in [6.45, 7) is 16.7. The maximum absolute atomic E-state index is 5.95. The lowest BCUT2D eigenvalue weighted by atomic mass is 10.1. The molecule has 0 amide bonds. The molecule has 0 N–H and O–H groups in total. The number of rotatable bonds is 12. The van der Waals surface area contributed by atoms with Crippen molar-refractivity contribution in [2.45, 2.75) is 79.2 Å². The Kier molecular flexibility index (Phi) is 9.43. The third-order valence-corrected chi connectivity index (χ3v) is 4.06. The average molecular weight is 334 g/mol. The first-order valence-electron chi connectivity index (χ1n) is 9.53. The molecular formula is C20H35N3O. The Bertz CT molecular complexity index is 496. The molecule has 24 heavy (non-hydrogen) atoms. The van der Waals surface area contributed by atoms with E-state index in [2.05, 4.69) is 46.1 Å². The van der Waals surface area contributed by atoms with Crippen molar-refractivity contribution in [1.29, 1.82) is 0 Å². The molecular weight excluding hydrogens is 298 g/mol. The van der Waals surface area contributed by atoms with Crippen molar-refractivity contribution in [3.8, 4) is 6.01 Å². The van der Waals surface area contributed by atoms with E-state index in [0.29, 0.717) is 6.01 Å². The minimum absolute atomic E-state index is 0.122. The summed E-state index contributed by atoms with van der Waals surface area (Å²) < 4.78 is 5.95. The van der Waals surface area contributed by atoms with Crippen LogP contribution in [0.5, 0.6) is 6.01 Å². The van der Waals surface area contributed by atoms with Gasteiger partial charge in [0, 0.05) is 25.1 Å². The molecule has 1 aromatic heterocycles. The van der Waals surface area contributed by atoms with Crippen molar-refractivity contribution in [2.75, 3.05) is 18.0 Å². The minimum Gasteiger partial charge on any atom is -0.460 e. The molecule has 4 heteroatoms. The highest BCUT2D eigenvalue weighted by atomic mass is 16.5. The Morgan fingerprint density at radius 3 is 2.25 bits per heavy atom. The van der Waals surface area contributed by atoms with Crippen molar-refractivity contribution in [1.82, 2.24) is 9.97 Å². The first-order chi connectivity index (χ1) is 11.6. The van der Waals surface area contributed by atoms with Crippen LogP contribution in [0, 0.1) is 0 Å². The second-order valence-corrected chi connectivity index (χ2v) is 6.32. The standard InChI is InChI=1S/C20H35N3O/c1-7-12-17-18(13-8-2)21-20(24-16(6)11-5)22-19(17)23(14-9-3)15-10-4/h8,16H,2,7,9-15H2,1,3-6H3/t16-/m1/s1. The predicted octanol–water partition coefficient (Wildman–Crippen LogP) is 4.96. The van der Waals surface area contributed by atoms with Crippen molar-refractivity contribution in [2.24, 2.45) is 0 Å². The van der Waals surface area contributed by atoms with Crippen molar-refractivity contribution >= 4 is 5.82 Å². The number of anilines is 1. The zero-order valence-electron chi connectivity index (χ0n) is 16.3. The van der Waals surface area contributed by atoms with E-state index in [0.717, 1.165) is 63.1 Å². The minimum atomic E-state index is 0.122. The lowest BCUT2D eigenvalue weighted by Crippen LogP contribution is -2.28.